The zero-order valence-corrected chi connectivity index (χ0v) is 8.21. The summed E-state index contributed by atoms with van der Waals surface area (Å²) >= 11 is 0. The molecular formula is C9H18O4. The van der Waals surface area contributed by atoms with E-state index in [4.69, 9.17) is 4.74 Å². The van der Waals surface area contributed by atoms with Gasteiger partial charge in [0.15, 0.2) is 0 Å². The van der Waals surface area contributed by atoms with Gasteiger partial charge >= 0.3 is 0 Å². The molecule has 78 valence electrons. The SMILES string of the molecule is CC1O[C@@H](C(C)C)C(O)C(O)[C@H]1O. The van der Waals surface area contributed by atoms with Gasteiger partial charge in [-0.25, -0.2) is 0 Å². The fraction of sp³-hybridized carbons (Fsp3) is 1.00. The fourth-order valence-corrected chi connectivity index (χ4v) is 1.63. The highest BCUT2D eigenvalue weighted by Gasteiger charge is 2.42. The van der Waals surface area contributed by atoms with Gasteiger partial charge < -0.3 is 20.1 Å². The molecule has 1 aliphatic heterocycles. The van der Waals surface area contributed by atoms with Gasteiger partial charge in [-0.2, -0.15) is 0 Å². The largest absolute Gasteiger partial charge is 0.388 e. The molecule has 3 unspecified atom stereocenters. The quantitative estimate of drug-likeness (QED) is 0.522. The molecule has 4 nitrogen and oxygen atoms in total. The molecule has 0 aromatic carbocycles. The lowest BCUT2D eigenvalue weighted by molar-refractivity contribution is -0.226. The molecule has 0 aromatic heterocycles. The molecule has 0 aromatic rings. The molecule has 1 aliphatic rings. The highest BCUT2D eigenvalue weighted by atomic mass is 16.5. The van der Waals surface area contributed by atoms with Gasteiger partial charge in [-0.15, -0.1) is 0 Å². The maximum absolute atomic E-state index is 9.56. The monoisotopic (exact) mass is 190 g/mol. The summed E-state index contributed by atoms with van der Waals surface area (Å²) in [6.07, 6.45) is -3.91. The van der Waals surface area contributed by atoms with Gasteiger partial charge in [0, 0.05) is 0 Å². The van der Waals surface area contributed by atoms with Gasteiger partial charge in [-0.1, -0.05) is 13.8 Å². The van der Waals surface area contributed by atoms with Gasteiger partial charge in [0.25, 0.3) is 0 Å². The van der Waals surface area contributed by atoms with Crippen molar-refractivity contribution in [3.05, 3.63) is 0 Å². The van der Waals surface area contributed by atoms with E-state index in [0.717, 1.165) is 0 Å². The maximum atomic E-state index is 9.56. The average molecular weight is 190 g/mol. The van der Waals surface area contributed by atoms with Crippen LogP contribution in [-0.4, -0.2) is 45.8 Å². The summed E-state index contributed by atoms with van der Waals surface area (Å²) in [7, 11) is 0. The molecule has 1 rings (SSSR count). The second-order valence-corrected chi connectivity index (χ2v) is 4.02. The standard InChI is InChI=1S/C9H18O4/c1-4(2)9-8(12)7(11)6(10)5(3)13-9/h4-12H,1-3H3/t5?,6-,7?,8?,9-/m0/s1. The second kappa shape index (κ2) is 3.92. The molecule has 0 amide bonds. The van der Waals surface area contributed by atoms with Crippen molar-refractivity contribution in [2.24, 2.45) is 5.92 Å². The second-order valence-electron chi connectivity index (χ2n) is 4.02. The molecular weight excluding hydrogens is 172 g/mol. The topological polar surface area (TPSA) is 69.9 Å². The molecule has 0 saturated carbocycles. The fourth-order valence-electron chi connectivity index (χ4n) is 1.63. The number of aliphatic hydroxyl groups is 3. The van der Waals surface area contributed by atoms with Crippen LogP contribution in [0, 0.1) is 5.92 Å². The summed E-state index contributed by atoms with van der Waals surface area (Å²) in [5.41, 5.74) is 0. The lowest BCUT2D eigenvalue weighted by Gasteiger charge is -2.41. The van der Waals surface area contributed by atoms with Crippen molar-refractivity contribution in [3.63, 3.8) is 0 Å². The van der Waals surface area contributed by atoms with Crippen molar-refractivity contribution in [2.45, 2.75) is 51.3 Å². The molecule has 3 N–H and O–H groups in total. The zero-order chi connectivity index (χ0) is 10.2. The Kier molecular flexibility index (Phi) is 3.29. The van der Waals surface area contributed by atoms with Crippen molar-refractivity contribution >= 4 is 0 Å². The normalized spacial score (nSPS) is 46.8. The molecule has 5 atom stereocenters. The number of ether oxygens (including phenoxy) is 1. The Balaban J connectivity index is 2.70. The van der Waals surface area contributed by atoms with Crippen LogP contribution in [0.4, 0.5) is 0 Å². The highest BCUT2D eigenvalue weighted by molar-refractivity contribution is 4.91. The van der Waals surface area contributed by atoms with Crippen LogP contribution < -0.4 is 0 Å². The number of hydrogen-bond donors (Lipinski definition) is 3. The van der Waals surface area contributed by atoms with Gasteiger partial charge in [0.05, 0.1) is 12.2 Å². The predicted octanol–water partition coefficient (Wildman–Crippen LogP) is -0.488. The van der Waals surface area contributed by atoms with Crippen LogP contribution in [0.25, 0.3) is 0 Å². The third-order valence-corrected chi connectivity index (χ3v) is 2.55. The molecule has 4 heteroatoms. The van der Waals surface area contributed by atoms with Crippen LogP contribution in [0.2, 0.25) is 0 Å². The zero-order valence-electron chi connectivity index (χ0n) is 8.21. The van der Waals surface area contributed by atoms with Crippen LogP contribution in [-0.2, 0) is 4.74 Å². The molecule has 0 radical (unpaired) electrons. The molecule has 0 aliphatic carbocycles. The molecule has 1 saturated heterocycles. The smallest absolute Gasteiger partial charge is 0.111 e. The van der Waals surface area contributed by atoms with Gasteiger partial charge in [0.2, 0.25) is 0 Å². The molecule has 0 spiro atoms. The van der Waals surface area contributed by atoms with Crippen LogP contribution >= 0.6 is 0 Å². The summed E-state index contributed by atoms with van der Waals surface area (Å²) in [6, 6.07) is 0. The van der Waals surface area contributed by atoms with E-state index in [9.17, 15) is 15.3 Å². The van der Waals surface area contributed by atoms with E-state index in [-0.39, 0.29) is 5.92 Å². The van der Waals surface area contributed by atoms with Crippen molar-refractivity contribution in [3.8, 4) is 0 Å². The van der Waals surface area contributed by atoms with E-state index in [2.05, 4.69) is 0 Å². The first-order valence-corrected chi connectivity index (χ1v) is 4.64. The van der Waals surface area contributed by atoms with Crippen LogP contribution in [0.1, 0.15) is 20.8 Å². The summed E-state index contributed by atoms with van der Waals surface area (Å²) < 4.78 is 5.38. The summed E-state index contributed by atoms with van der Waals surface area (Å²) in [4.78, 5) is 0. The van der Waals surface area contributed by atoms with Gasteiger partial charge in [-0.3, -0.25) is 0 Å². The van der Waals surface area contributed by atoms with Crippen LogP contribution in [0.5, 0.6) is 0 Å². The van der Waals surface area contributed by atoms with Crippen molar-refractivity contribution in [1.82, 2.24) is 0 Å². The Morgan fingerprint density at radius 3 is 2.00 bits per heavy atom. The first-order chi connectivity index (χ1) is 5.95. The van der Waals surface area contributed by atoms with E-state index in [1.165, 1.54) is 0 Å². The summed E-state index contributed by atoms with van der Waals surface area (Å²) in [6.45, 7) is 5.51. The highest BCUT2D eigenvalue weighted by Crippen LogP contribution is 2.25. The Labute approximate surface area is 78.1 Å². The minimum absolute atomic E-state index is 0.125. The van der Waals surface area contributed by atoms with Crippen molar-refractivity contribution in [1.29, 1.82) is 0 Å². The van der Waals surface area contributed by atoms with Crippen molar-refractivity contribution in [2.75, 3.05) is 0 Å². The molecule has 1 heterocycles. The Morgan fingerprint density at radius 2 is 1.54 bits per heavy atom. The lowest BCUT2D eigenvalue weighted by atomic mass is 9.90. The first kappa shape index (κ1) is 10.9. The van der Waals surface area contributed by atoms with Gasteiger partial charge in [0.1, 0.15) is 18.3 Å². The number of aliphatic hydroxyl groups excluding tert-OH is 3. The maximum Gasteiger partial charge on any atom is 0.111 e. The van der Waals surface area contributed by atoms with E-state index in [1.807, 2.05) is 13.8 Å². The predicted molar refractivity (Wildman–Crippen MR) is 47.2 cm³/mol. The van der Waals surface area contributed by atoms with Crippen LogP contribution in [0.15, 0.2) is 0 Å². The molecule has 0 bridgehead atoms. The third kappa shape index (κ3) is 2.02. The van der Waals surface area contributed by atoms with Gasteiger partial charge in [-0.05, 0) is 12.8 Å². The van der Waals surface area contributed by atoms with E-state index >= 15 is 0 Å². The Hall–Kier alpha value is -0.160. The van der Waals surface area contributed by atoms with Crippen molar-refractivity contribution < 1.29 is 20.1 Å². The summed E-state index contributed by atoms with van der Waals surface area (Å²) in [5, 5.41) is 28.4. The minimum atomic E-state index is -1.10. The Morgan fingerprint density at radius 1 is 1.00 bits per heavy atom. The summed E-state index contributed by atoms with van der Waals surface area (Å²) in [5.74, 6) is 0.125. The van der Waals surface area contributed by atoms with E-state index in [1.54, 1.807) is 6.92 Å². The van der Waals surface area contributed by atoms with E-state index < -0.39 is 30.5 Å². The van der Waals surface area contributed by atoms with Crippen LogP contribution in [0.3, 0.4) is 0 Å². The number of rotatable bonds is 1. The molecule has 13 heavy (non-hydrogen) atoms. The first-order valence-electron chi connectivity index (χ1n) is 4.64. The average Bonchev–Trinajstić information content (AvgIpc) is 2.07. The Bertz CT molecular complexity index is 171. The van der Waals surface area contributed by atoms with E-state index in [0.29, 0.717) is 0 Å². The lowest BCUT2D eigenvalue weighted by Crippen LogP contribution is -2.57. The number of hydrogen-bond acceptors (Lipinski definition) is 4. The molecule has 1 fully saturated rings. The minimum Gasteiger partial charge on any atom is -0.388 e. The third-order valence-electron chi connectivity index (χ3n) is 2.55.